The van der Waals surface area contributed by atoms with Gasteiger partial charge in [-0.25, -0.2) is 4.79 Å². The molecule has 0 atom stereocenters. The fourth-order valence-electron chi connectivity index (χ4n) is 3.49. The summed E-state index contributed by atoms with van der Waals surface area (Å²) >= 11 is 1.46. The lowest BCUT2D eigenvalue weighted by Gasteiger charge is -2.31. The standard InChI is InChI=1S/C25H32N6O3S/c1-29(2)12-13-30(15-19-6-9-22(24(27)32)28-14-19)25(33)31(23-17-35-16-21(23)26)11-10-18-4-7-20(34-3)8-5-18/h4-9,14,16-17H,10-13,15,26H2,1-3H3,(H2,27,32). The van der Waals surface area contributed by atoms with E-state index in [1.54, 1.807) is 35.2 Å². The number of carbonyl (C=O) groups is 2. The number of pyridine rings is 1. The number of rotatable bonds is 11. The van der Waals surface area contributed by atoms with Gasteiger partial charge in [-0.1, -0.05) is 18.2 Å². The number of amides is 3. The van der Waals surface area contributed by atoms with Gasteiger partial charge in [0.2, 0.25) is 0 Å². The van der Waals surface area contributed by atoms with E-state index in [2.05, 4.69) is 4.98 Å². The van der Waals surface area contributed by atoms with Crippen LogP contribution in [0.25, 0.3) is 0 Å². The Morgan fingerprint density at radius 1 is 1.00 bits per heavy atom. The number of likely N-dealkylation sites (N-methyl/N-ethyl adjacent to an activating group) is 1. The van der Waals surface area contributed by atoms with E-state index in [0.29, 0.717) is 44.0 Å². The molecule has 35 heavy (non-hydrogen) atoms. The normalized spacial score (nSPS) is 10.9. The minimum atomic E-state index is -0.588. The van der Waals surface area contributed by atoms with Gasteiger partial charge in [0.25, 0.3) is 5.91 Å². The number of anilines is 2. The molecule has 0 spiro atoms. The van der Waals surface area contributed by atoms with Crippen molar-refractivity contribution < 1.29 is 14.3 Å². The Labute approximate surface area is 209 Å². The summed E-state index contributed by atoms with van der Waals surface area (Å²) in [6, 6.07) is 11.0. The molecule has 3 rings (SSSR count). The van der Waals surface area contributed by atoms with E-state index < -0.39 is 5.91 Å². The van der Waals surface area contributed by atoms with Crippen LogP contribution in [0, 0.1) is 0 Å². The highest BCUT2D eigenvalue weighted by molar-refractivity contribution is 7.09. The van der Waals surface area contributed by atoms with Crippen LogP contribution < -0.4 is 21.1 Å². The van der Waals surface area contributed by atoms with Gasteiger partial charge in [-0.05, 0) is 49.8 Å². The minimum absolute atomic E-state index is 0.149. The molecule has 0 aliphatic heterocycles. The van der Waals surface area contributed by atoms with Gasteiger partial charge in [0.15, 0.2) is 0 Å². The van der Waals surface area contributed by atoms with E-state index in [4.69, 9.17) is 16.2 Å². The lowest BCUT2D eigenvalue weighted by atomic mass is 10.1. The number of hydrogen-bond acceptors (Lipinski definition) is 7. The number of nitrogens with zero attached hydrogens (tertiary/aromatic N) is 4. The summed E-state index contributed by atoms with van der Waals surface area (Å²) in [7, 11) is 5.56. The number of thiophene rings is 1. The highest BCUT2D eigenvalue weighted by atomic mass is 32.1. The molecule has 0 saturated carbocycles. The van der Waals surface area contributed by atoms with Crippen molar-refractivity contribution in [2.24, 2.45) is 5.73 Å². The van der Waals surface area contributed by atoms with E-state index in [0.717, 1.165) is 16.9 Å². The van der Waals surface area contributed by atoms with E-state index >= 15 is 0 Å². The Hall–Kier alpha value is -3.63. The number of hydrogen-bond donors (Lipinski definition) is 2. The van der Waals surface area contributed by atoms with Gasteiger partial charge < -0.3 is 26.0 Å². The summed E-state index contributed by atoms with van der Waals surface area (Å²) in [6.07, 6.45) is 2.23. The summed E-state index contributed by atoms with van der Waals surface area (Å²) < 4.78 is 5.24. The molecule has 0 unspecified atom stereocenters. The van der Waals surface area contributed by atoms with Crippen molar-refractivity contribution in [2.45, 2.75) is 13.0 Å². The number of benzene rings is 1. The molecule has 0 aliphatic carbocycles. The van der Waals surface area contributed by atoms with Crippen LogP contribution in [0.2, 0.25) is 0 Å². The zero-order chi connectivity index (χ0) is 25.4. The Morgan fingerprint density at radius 2 is 1.71 bits per heavy atom. The number of primary amides is 1. The van der Waals surface area contributed by atoms with Crippen molar-refractivity contribution in [3.8, 4) is 5.75 Å². The van der Waals surface area contributed by atoms with Gasteiger partial charge in [-0.2, -0.15) is 0 Å². The molecule has 10 heteroatoms. The Kier molecular flexibility index (Phi) is 9.04. The second kappa shape index (κ2) is 12.2. The first kappa shape index (κ1) is 26.0. The first-order valence-corrected chi connectivity index (χ1v) is 12.1. The van der Waals surface area contributed by atoms with Gasteiger partial charge in [0, 0.05) is 43.1 Å². The molecular weight excluding hydrogens is 464 g/mol. The first-order valence-electron chi connectivity index (χ1n) is 11.2. The molecule has 0 fully saturated rings. The average molecular weight is 497 g/mol. The molecule has 4 N–H and O–H groups in total. The van der Waals surface area contributed by atoms with Crippen LogP contribution in [0.4, 0.5) is 16.2 Å². The topological polar surface area (TPSA) is 118 Å². The molecule has 3 aromatic rings. The molecule has 2 heterocycles. The SMILES string of the molecule is COc1ccc(CCN(C(=O)N(CCN(C)C)Cc2ccc(C(N)=O)nc2)c2cscc2N)cc1. The lowest BCUT2D eigenvalue weighted by Crippen LogP contribution is -2.46. The van der Waals surface area contributed by atoms with Gasteiger partial charge in [-0.3, -0.25) is 14.7 Å². The van der Waals surface area contributed by atoms with Crippen LogP contribution in [-0.4, -0.2) is 67.6 Å². The molecule has 2 aromatic heterocycles. The van der Waals surface area contributed by atoms with Crippen LogP contribution in [0.5, 0.6) is 5.75 Å². The average Bonchev–Trinajstić information content (AvgIpc) is 3.27. The van der Waals surface area contributed by atoms with E-state index in [9.17, 15) is 9.59 Å². The van der Waals surface area contributed by atoms with Gasteiger partial charge in [0.05, 0.1) is 18.5 Å². The number of aromatic nitrogens is 1. The number of carbonyl (C=O) groups excluding carboxylic acids is 2. The molecule has 3 amide bonds. The van der Waals surface area contributed by atoms with E-state index in [1.165, 1.54) is 11.3 Å². The quantitative estimate of drug-likeness (QED) is 0.421. The van der Waals surface area contributed by atoms with Crippen LogP contribution >= 0.6 is 11.3 Å². The lowest BCUT2D eigenvalue weighted by molar-refractivity contribution is 0.0995. The third-order valence-electron chi connectivity index (χ3n) is 5.51. The highest BCUT2D eigenvalue weighted by Crippen LogP contribution is 2.29. The minimum Gasteiger partial charge on any atom is -0.497 e. The summed E-state index contributed by atoms with van der Waals surface area (Å²) in [5.41, 5.74) is 14.9. The molecule has 9 nitrogen and oxygen atoms in total. The number of nitrogens with two attached hydrogens (primary N) is 2. The van der Waals surface area contributed by atoms with Gasteiger partial charge in [-0.15, -0.1) is 11.3 Å². The molecule has 0 aliphatic rings. The largest absolute Gasteiger partial charge is 0.497 e. The number of urea groups is 1. The Morgan fingerprint density at radius 3 is 2.26 bits per heavy atom. The second-order valence-electron chi connectivity index (χ2n) is 8.39. The molecular formula is C25H32N6O3S. The summed E-state index contributed by atoms with van der Waals surface area (Å²) in [5, 5.41) is 3.73. The number of nitrogen functional groups attached to an aromatic ring is 1. The molecule has 1 aromatic carbocycles. The number of ether oxygens (including phenoxy) is 1. The van der Waals surface area contributed by atoms with Crippen LogP contribution in [0.1, 0.15) is 21.6 Å². The van der Waals surface area contributed by atoms with Crippen molar-refractivity contribution in [3.63, 3.8) is 0 Å². The third kappa shape index (κ3) is 7.17. The van der Waals surface area contributed by atoms with E-state index in [1.807, 2.05) is 54.0 Å². The second-order valence-corrected chi connectivity index (χ2v) is 9.13. The van der Waals surface area contributed by atoms with Crippen LogP contribution in [0.15, 0.2) is 53.4 Å². The van der Waals surface area contributed by atoms with Gasteiger partial charge in [0.1, 0.15) is 11.4 Å². The Bertz CT molecular complexity index is 1110. The molecule has 0 saturated heterocycles. The fraction of sp³-hybridized carbons (Fsp3) is 0.320. The molecule has 186 valence electrons. The maximum atomic E-state index is 13.9. The van der Waals surface area contributed by atoms with Crippen molar-refractivity contribution >= 4 is 34.6 Å². The molecule has 0 radical (unpaired) electrons. The van der Waals surface area contributed by atoms with E-state index in [-0.39, 0.29) is 11.7 Å². The maximum absolute atomic E-state index is 13.9. The summed E-state index contributed by atoms with van der Waals surface area (Å²) in [6.45, 7) is 1.99. The van der Waals surface area contributed by atoms with Crippen molar-refractivity contribution in [1.82, 2.24) is 14.8 Å². The summed E-state index contributed by atoms with van der Waals surface area (Å²) in [4.78, 5) is 34.9. The van der Waals surface area contributed by atoms with Crippen molar-refractivity contribution in [3.05, 3.63) is 70.2 Å². The predicted molar refractivity (Wildman–Crippen MR) is 140 cm³/mol. The molecule has 0 bridgehead atoms. The predicted octanol–water partition coefficient (Wildman–Crippen LogP) is 3.07. The third-order valence-corrected chi connectivity index (χ3v) is 6.26. The maximum Gasteiger partial charge on any atom is 0.324 e. The monoisotopic (exact) mass is 496 g/mol. The zero-order valence-electron chi connectivity index (χ0n) is 20.3. The van der Waals surface area contributed by atoms with Crippen molar-refractivity contribution in [2.75, 3.05) is 51.5 Å². The van der Waals surface area contributed by atoms with Crippen molar-refractivity contribution in [1.29, 1.82) is 0 Å². The van der Waals surface area contributed by atoms with Gasteiger partial charge >= 0.3 is 6.03 Å². The highest BCUT2D eigenvalue weighted by Gasteiger charge is 2.25. The number of methoxy groups -OCH3 is 1. The smallest absolute Gasteiger partial charge is 0.324 e. The zero-order valence-corrected chi connectivity index (χ0v) is 21.1. The van der Waals surface area contributed by atoms with Crippen LogP contribution in [-0.2, 0) is 13.0 Å². The first-order chi connectivity index (χ1) is 16.8. The van der Waals surface area contributed by atoms with Crippen LogP contribution in [0.3, 0.4) is 0 Å². The fourth-order valence-corrected chi connectivity index (χ4v) is 4.22. The Balaban J connectivity index is 1.84. The summed E-state index contributed by atoms with van der Waals surface area (Å²) in [5.74, 6) is 0.198.